The molecule has 0 atom stereocenters. The standard InChI is InChI=1S/C15H13N3O2/c1-2-20-13-8-11(9-17-19)18-15-12(13)6-5-10-4-3-7-16-14(10)15/h3-9,19H,2H2,1H3. The van der Waals surface area contributed by atoms with Gasteiger partial charge in [-0.2, -0.15) is 0 Å². The maximum absolute atomic E-state index is 8.70. The van der Waals surface area contributed by atoms with E-state index in [1.54, 1.807) is 12.3 Å². The Kier molecular flexibility index (Phi) is 3.16. The van der Waals surface area contributed by atoms with Gasteiger partial charge in [0.1, 0.15) is 11.3 Å². The van der Waals surface area contributed by atoms with Crippen molar-refractivity contribution in [2.45, 2.75) is 6.92 Å². The Balaban J connectivity index is 2.40. The van der Waals surface area contributed by atoms with Gasteiger partial charge in [-0.15, -0.1) is 0 Å². The Morgan fingerprint density at radius 2 is 2.20 bits per heavy atom. The summed E-state index contributed by atoms with van der Waals surface area (Å²) in [5, 5.41) is 13.6. The minimum Gasteiger partial charge on any atom is -0.493 e. The second-order valence-corrected chi connectivity index (χ2v) is 4.26. The van der Waals surface area contributed by atoms with Crippen molar-refractivity contribution >= 4 is 28.0 Å². The van der Waals surface area contributed by atoms with Crippen LogP contribution in [0.4, 0.5) is 0 Å². The van der Waals surface area contributed by atoms with E-state index in [2.05, 4.69) is 15.1 Å². The summed E-state index contributed by atoms with van der Waals surface area (Å²) in [6.07, 6.45) is 3.01. The first-order valence-corrected chi connectivity index (χ1v) is 6.32. The second-order valence-electron chi connectivity index (χ2n) is 4.26. The molecule has 2 aromatic heterocycles. The third-order valence-corrected chi connectivity index (χ3v) is 3.02. The first-order valence-electron chi connectivity index (χ1n) is 6.32. The Morgan fingerprint density at radius 1 is 1.30 bits per heavy atom. The van der Waals surface area contributed by atoms with E-state index in [1.807, 2.05) is 31.2 Å². The number of pyridine rings is 2. The third kappa shape index (κ3) is 2.03. The summed E-state index contributed by atoms with van der Waals surface area (Å²) in [7, 11) is 0. The van der Waals surface area contributed by atoms with E-state index in [1.165, 1.54) is 6.21 Å². The number of oxime groups is 1. The second kappa shape index (κ2) is 5.13. The minimum absolute atomic E-state index is 0.529. The minimum atomic E-state index is 0.529. The van der Waals surface area contributed by atoms with Crippen molar-refractivity contribution in [3.05, 3.63) is 42.2 Å². The Hall–Kier alpha value is -2.69. The number of fused-ring (bicyclic) bond motifs is 3. The molecule has 0 aliphatic rings. The maximum Gasteiger partial charge on any atom is 0.130 e. The van der Waals surface area contributed by atoms with Gasteiger partial charge < -0.3 is 9.94 Å². The number of ether oxygens (including phenoxy) is 1. The van der Waals surface area contributed by atoms with Crippen molar-refractivity contribution in [1.29, 1.82) is 0 Å². The fourth-order valence-electron chi connectivity index (χ4n) is 2.22. The highest BCUT2D eigenvalue weighted by Gasteiger charge is 2.10. The van der Waals surface area contributed by atoms with E-state index in [0.29, 0.717) is 18.1 Å². The van der Waals surface area contributed by atoms with Crippen molar-refractivity contribution in [2.75, 3.05) is 6.61 Å². The lowest BCUT2D eigenvalue weighted by molar-refractivity contribution is 0.321. The zero-order valence-electron chi connectivity index (χ0n) is 10.9. The van der Waals surface area contributed by atoms with Gasteiger partial charge >= 0.3 is 0 Å². The SMILES string of the molecule is CCOc1cc(C=NO)nc2c1ccc1cccnc12. The highest BCUT2D eigenvalue weighted by atomic mass is 16.5. The lowest BCUT2D eigenvalue weighted by Crippen LogP contribution is -1.98. The first kappa shape index (κ1) is 12.3. The summed E-state index contributed by atoms with van der Waals surface area (Å²) in [6, 6.07) is 9.58. The molecule has 0 amide bonds. The highest BCUT2D eigenvalue weighted by molar-refractivity contribution is 6.05. The topological polar surface area (TPSA) is 67.6 Å². The van der Waals surface area contributed by atoms with Crippen LogP contribution in [0.15, 0.2) is 41.7 Å². The van der Waals surface area contributed by atoms with Gasteiger partial charge in [-0.05, 0) is 19.1 Å². The first-order chi connectivity index (χ1) is 9.83. The zero-order valence-corrected chi connectivity index (χ0v) is 10.9. The Labute approximate surface area is 115 Å². The van der Waals surface area contributed by atoms with E-state index in [4.69, 9.17) is 9.94 Å². The molecule has 0 saturated heterocycles. The molecule has 1 aromatic carbocycles. The van der Waals surface area contributed by atoms with Crippen LogP contribution in [0.2, 0.25) is 0 Å². The van der Waals surface area contributed by atoms with E-state index in [0.717, 1.165) is 21.8 Å². The highest BCUT2D eigenvalue weighted by Crippen LogP contribution is 2.29. The van der Waals surface area contributed by atoms with Crippen LogP contribution in [-0.2, 0) is 0 Å². The quantitative estimate of drug-likeness (QED) is 0.343. The predicted octanol–water partition coefficient (Wildman–Crippen LogP) is 2.99. The monoisotopic (exact) mass is 267 g/mol. The molecular formula is C15H13N3O2. The smallest absolute Gasteiger partial charge is 0.130 e. The molecule has 1 N–H and O–H groups in total. The molecule has 0 saturated carbocycles. The fourth-order valence-corrected chi connectivity index (χ4v) is 2.22. The molecule has 0 aliphatic carbocycles. The van der Waals surface area contributed by atoms with Gasteiger partial charge in [0.2, 0.25) is 0 Å². The average Bonchev–Trinajstić information content (AvgIpc) is 2.48. The molecule has 3 rings (SSSR count). The summed E-state index contributed by atoms with van der Waals surface area (Å²) in [5.74, 6) is 0.708. The van der Waals surface area contributed by atoms with E-state index in [-0.39, 0.29) is 0 Å². The van der Waals surface area contributed by atoms with Crippen molar-refractivity contribution < 1.29 is 9.94 Å². The van der Waals surface area contributed by atoms with Gasteiger partial charge in [0.15, 0.2) is 0 Å². The van der Waals surface area contributed by atoms with Gasteiger partial charge in [-0.1, -0.05) is 17.3 Å². The van der Waals surface area contributed by atoms with E-state index >= 15 is 0 Å². The molecule has 5 nitrogen and oxygen atoms in total. The number of nitrogens with zero attached hydrogens (tertiary/aromatic N) is 3. The summed E-state index contributed by atoms with van der Waals surface area (Å²) in [5.41, 5.74) is 2.07. The van der Waals surface area contributed by atoms with Crippen molar-refractivity contribution in [3.8, 4) is 5.75 Å². The van der Waals surface area contributed by atoms with Crippen LogP contribution in [0, 0.1) is 0 Å². The molecular weight excluding hydrogens is 254 g/mol. The molecule has 0 spiro atoms. The van der Waals surface area contributed by atoms with Crippen molar-refractivity contribution in [3.63, 3.8) is 0 Å². The van der Waals surface area contributed by atoms with Crippen molar-refractivity contribution in [2.24, 2.45) is 5.16 Å². The number of hydrogen-bond donors (Lipinski definition) is 1. The van der Waals surface area contributed by atoms with Gasteiger partial charge in [-0.25, -0.2) is 4.98 Å². The van der Waals surface area contributed by atoms with Gasteiger partial charge in [0.05, 0.1) is 24.0 Å². The number of hydrogen-bond acceptors (Lipinski definition) is 5. The summed E-state index contributed by atoms with van der Waals surface area (Å²) >= 11 is 0. The van der Waals surface area contributed by atoms with Crippen molar-refractivity contribution in [1.82, 2.24) is 9.97 Å². The number of aromatic nitrogens is 2. The number of rotatable bonds is 3. The van der Waals surface area contributed by atoms with Crippen LogP contribution in [0.5, 0.6) is 5.75 Å². The van der Waals surface area contributed by atoms with E-state index in [9.17, 15) is 0 Å². The Bertz CT molecular complexity index is 800. The lowest BCUT2D eigenvalue weighted by atomic mass is 10.1. The molecule has 0 unspecified atom stereocenters. The van der Waals surface area contributed by atoms with Crippen LogP contribution >= 0.6 is 0 Å². The summed E-state index contributed by atoms with van der Waals surface area (Å²) < 4.78 is 5.64. The normalized spacial score (nSPS) is 11.4. The van der Waals surface area contributed by atoms with E-state index < -0.39 is 0 Å². The molecule has 2 heterocycles. The predicted molar refractivity (Wildman–Crippen MR) is 77.6 cm³/mol. The molecule has 100 valence electrons. The number of benzene rings is 1. The van der Waals surface area contributed by atoms with Gasteiger partial charge in [0, 0.05) is 23.0 Å². The summed E-state index contributed by atoms with van der Waals surface area (Å²) in [6.45, 7) is 2.47. The van der Waals surface area contributed by atoms with Crippen LogP contribution in [0.3, 0.4) is 0 Å². The van der Waals surface area contributed by atoms with Crippen LogP contribution in [0.25, 0.3) is 21.8 Å². The molecule has 0 bridgehead atoms. The molecule has 0 aliphatic heterocycles. The molecule has 0 radical (unpaired) electrons. The molecule has 5 heteroatoms. The zero-order chi connectivity index (χ0) is 13.9. The summed E-state index contributed by atoms with van der Waals surface area (Å²) in [4.78, 5) is 8.87. The molecule has 0 fully saturated rings. The van der Waals surface area contributed by atoms with Gasteiger partial charge in [-0.3, -0.25) is 4.98 Å². The average molecular weight is 267 g/mol. The van der Waals surface area contributed by atoms with Crippen LogP contribution in [-0.4, -0.2) is 28.0 Å². The third-order valence-electron chi connectivity index (χ3n) is 3.02. The van der Waals surface area contributed by atoms with Crippen LogP contribution < -0.4 is 4.74 Å². The largest absolute Gasteiger partial charge is 0.493 e. The Morgan fingerprint density at radius 3 is 3.00 bits per heavy atom. The molecule has 20 heavy (non-hydrogen) atoms. The fraction of sp³-hybridized carbons (Fsp3) is 0.133. The lowest BCUT2D eigenvalue weighted by Gasteiger charge is -2.09. The molecule has 3 aromatic rings. The van der Waals surface area contributed by atoms with Crippen LogP contribution in [0.1, 0.15) is 12.6 Å². The maximum atomic E-state index is 8.70. The van der Waals surface area contributed by atoms with Gasteiger partial charge in [0.25, 0.3) is 0 Å².